The molecular formula is C45H60O7. The van der Waals surface area contributed by atoms with Crippen LogP contribution in [-0.4, -0.2) is 39.0 Å². The lowest BCUT2D eigenvalue weighted by molar-refractivity contribution is -0.158. The van der Waals surface area contributed by atoms with Gasteiger partial charge in [-0.2, -0.15) is 0 Å². The van der Waals surface area contributed by atoms with Crippen LogP contribution in [0.1, 0.15) is 140 Å². The van der Waals surface area contributed by atoms with Crippen molar-refractivity contribution in [1.82, 2.24) is 0 Å². The summed E-state index contributed by atoms with van der Waals surface area (Å²) in [6.45, 7) is 11.0. The van der Waals surface area contributed by atoms with Crippen LogP contribution in [0.15, 0.2) is 91.0 Å². The molecule has 52 heavy (non-hydrogen) atoms. The lowest BCUT2D eigenvalue weighted by atomic mass is 9.62. The minimum Gasteiger partial charge on any atom is -0.481 e. The van der Waals surface area contributed by atoms with Crippen LogP contribution in [-0.2, 0) is 19.2 Å². The molecule has 0 aliphatic heterocycles. The monoisotopic (exact) mass is 712 g/mol. The molecule has 7 nitrogen and oxygen atoms in total. The van der Waals surface area contributed by atoms with E-state index in [-0.39, 0.29) is 49.7 Å². The number of Topliss-reactive ketones (excluding diaryl/α,β-unsaturated/α-hetero) is 1. The normalized spacial score (nSPS) is 17.3. The van der Waals surface area contributed by atoms with Crippen molar-refractivity contribution in [3.05, 3.63) is 108 Å². The van der Waals surface area contributed by atoms with Gasteiger partial charge in [0, 0.05) is 12.3 Å². The molecule has 0 saturated heterocycles. The van der Waals surface area contributed by atoms with Gasteiger partial charge in [0.2, 0.25) is 0 Å². The molecular weight excluding hydrogens is 652 g/mol. The molecule has 0 aliphatic rings. The first-order valence-electron chi connectivity index (χ1n) is 18.9. The van der Waals surface area contributed by atoms with Crippen molar-refractivity contribution in [2.45, 2.75) is 124 Å². The van der Waals surface area contributed by atoms with E-state index in [1.54, 1.807) is 20.8 Å². The molecule has 0 radical (unpaired) electrons. The highest BCUT2D eigenvalue weighted by Gasteiger charge is 2.49. The maximum absolute atomic E-state index is 13.8. The summed E-state index contributed by atoms with van der Waals surface area (Å²) in [7, 11) is 0. The van der Waals surface area contributed by atoms with Crippen LogP contribution in [0.25, 0.3) is 0 Å². The zero-order chi connectivity index (χ0) is 38.5. The van der Waals surface area contributed by atoms with Crippen LogP contribution in [0.2, 0.25) is 0 Å². The Kier molecular flexibility index (Phi) is 15.4. The number of hydrogen-bond donors (Lipinski definition) is 3. The Hall–Kier alpha value is -4.26. The molecule has 0 fully saturated rings. The van der Waals surface area contributed by atoms with E-state index in [9.17, 15) is 34.5 Å². The molecule has 0 aliphatic carbocycles. The molecule has 0 saturated carbocycles. The highest BCUT2D eigenvalue weighted by Crippen LogP contribution is 2.50. The van der Waals surface area contributed by atoms with E-state index < -0.39 is 46.0 Å². The summed E-state index contributed by atoms with van der Waals surface area (Å²) >= 11 is 0. The van der Waals surface area contributed by atoms with Crippen molar-refractivity contribution >= 4 is 23.7 Å². The van der Waals surface area contributed by atoms with Crippen molar-refractivity contribution in [3.8, 4) is 0 Å². The summed E-state index contributed by atoms with van der Waals surface area (Å²) < 4.78 is 0. The summed E-state index contributed by atoms with van der Waals surface area (Å²) in [4.78, 5) is 53.4. The molecule has 0 heterocycles. The minimum absolute atomic E-state index is 0.0339. The molecule has 0 bridgehead atoms. The lowest BCUT2D eigenvalue weighted by Gasteiger charge is -2.40. The van der Waals surface area contributed by atoms with Crippen LogP contribution in [0.4, 0.5) is 0 Å². The third-order valence-corrected chi connectivity index (χ3v) is 11.4. The lowest BCUT2D eigenvalue weighted by Crippen LogP contribution is -2.41. The number of carbonyl (C=O) groups is 4. The highest BCUT2D eigenvalue weighted by molar-refractivity contribution is 5.83. The Labute approximate surface area is 310 Å². The van der Waals surface area contributed by atoms with E-state index in [4.69, 9.17) is 0 Å². The van der Waals surface area contributed by atoms with Gasteiger partial charge in [0.1, 0.15) is 5.78 Å². The van der Waals surface area contributed by atoms with Crippen molar-refractivity contribution in [3.63, 3.8) is 0 Å². The first-order chi connectivity index (χ1) is 24.6. The Morgan fingerprint density at radius 2 is 0.981 bits per heavy atom. The van der Waals surface area contributed by atoms with E-state index in [0.29, 0.717) is 19.3 Å². The SMILES string of the molecule is CCCCC(=O)C(CC(C)c1ccccc1)CC(C)(CC(CC(C)(CC(C)(CC(CC)c1ccccc1)C(=O)O)C(=O)O)c1ccccc1)C(=O)O. The summed E-state index contributed by atoms with van der Waals surface area (Å²) in [5.41, 5.74) is -1.34. The smallest absolute Gasteiger partial charge is 0.309 e. The second-order valence-corrected chi connectivity index (χ2v) is 16.0. The van der Waals surface area contributed by atoms with E-state index in [1.165, 1.54) is 0 Å². The van der Waals surface area contributed by atoms with Crippen molar-refractivity contribution in [2.75, 3.05) is 0 Å². The van der Waals surface area contributed by atoms with Gasteiger partial charge in [-0.3, -0.25) is 19.2 Å². The number of carboxylic acid groups (broad SMARTS) is 3. The summed E-state index contributed by atoms with van der Waals surface area (Å²) in [6.07, 6.45) is 3.55. The zero-order valence-corrected chi connectivity index (χ0v) is 32.0. The summed E-state index contributed by atoms with van der Waals surface area (Å²) in [6, 6.07) is 29.0. The van der Waals surface area contributed by atoms with Gasteiger partial charge in [-0.15, -0.1) is 0 Å². The first-order valence-corrected chi connectivity index (χ1v) is 18.9. The van der Waals surface area contributed by atoms with Crippen molar-refractivity contribution < 1.29 is 34.5 Å². The Bertz CT molecular complexity index is 1590. The number of ketones is 1. The number of carboxylic acids is 3. The van der Waals surface area contributed by atoms with Gasteiger partial charge in [0.25, 0.3) is 0 Å². The second-order valence-electron chi connectivity index (χ2n) is 16.0. The standard InChI is InChI=1S/C45H60O7/c1-7-9-25-39(46)37(26-32(3)34-19-13-10-14-20-34)28-43(4,40(47)48)29-38(36-23-17-12-18-24-36)30-45(6,42(51)52)31-44(5,41(49)50)27-33(8-2)35-21-15-11-16-22-35/h10-24,32-33,37-38H,7-9,25-31H2,1-6H3,(H,47,48)(H,49,50)(H,51,52). The van der Waals surface area contributed by atoms with E-state index in [1.807, 2.05) is 105 Å². The predicted octanol–water partition coefficient (Wildman–Crippen LogP) is 10.8. The summed E-state index contributed by atoms with van der Waals surface area (Å²) in [5, 5.41) is 32.4. The molecule has 0 amide bonds. The fraction of sp³-hybridized carbons (Fsp3) is 0.511. The molecule has 7 unspecified atom stereocenters. The van der Waals surface area contributed by atoms with Gasteiger partial charge >= 0.3 is 17.9 Å². The van der Waals surface area contributed by atoms with Crippen molar-refractivity contribution in [2.24, 2.45) is 22.2 Å². The fourth-order valence-electron chi connectivity index (χ4n) is 8.25. The molecule has 0 spiro atoms. The van der Waals surface area contributed by atoms with Crippen LogP contribution in [0.3, 0.4) is 0 Å². The second kappa shape index (κ2) is 19.0. The fourth-order valence-corrected chi connectivity index (χ4v) is 8.25. The maximum atomic E-state index is 13.8. The largest absolute Gasteiger partial charge is 0.481 e. The highest BCUT2D eigenvalue weighted by atomic mass is 16.4. The Morgan fingerprint density at radius 1 is 0.577 bits per heavy atom. The van der Waals surface area contributed by atoms with Crippen LogP contribution < -0.4 is 0 Å². The number of benzene rings is 3. The van der Waals surface area contributed by atoms with Gasteiger partial charge in [-0.1, -0.05) is 118 Å². The van der Waals surface area contributed by atoms with Gasteiger partial charge in [0.15, 0.2) is 0 Å². The number of aliphatic carboxylic acids is 3. The topological polar surface area (TPSA) is 129 Å². The predicted molar refractivity (Wildman–Crippen MR) is 206 cm³/mol. The number of rotatable bonds is 23. The first kappa shape index (κ1) is 42.2. The molecule has 7 atom stereocenters. The van der Waals surface area contributed by atoms with E-state index in [0.717, 1.165) is 29.5 Å². The van der Waals surface area contributed by atoms with Crippen molar-refractivity contribution in [1.29, 1.82) is 0 Å². The number of carbonyl (C=O) groups excluding carboxylic acids is 1. The molecule has 3 aromatic rings. The van der Waals surface area contributed by atoms with Crippen LogP contribution in [0.5, 0.6) is 0 Å². The number of unbranched alkanes of at least 4 members (excludes halogenated alkanes) is 1. The number of hydrogen-bond acceptors (Lipinski definition) is 4. The Morgan fingerprint density at radius 3 is 1.40 bits per heavy atom. The molecule has 282 valence electrons. The average Bonchev–Trinajstić information content (AvgIpc) is 3.13. The Balaban J connectivity index is 2.02. The van der Waals surface area contributed by atoms with Gasteiger partial charge in [-0.05, 0) is 107 Å². The van der Waals surface area contributed by atoms with Gasteiger partial charge in [-0.25, -0.2) is 0 Å². The quantitative estimate of drug-likeness (QED) is 0.0892. The molecule has 3 aromatic carbocycles. The van der Waals surface area contributed by atoms with Gasteiger partial charge < -0.3 is 15.3 Å². The average molecular weight is 713 g/mol. The van der Waals surface area contributed by atoms with Gasteiger partial charge in [0.05, 0.1) is 16.2 Å². The van der Waals surface area contributed by atoms with E-state index in [2.05, 4.69) is 6.92 Å². The minimum atomic E-state index is -1.50. The van der Waals surface area contributed by atoms with Crippen LogP contribution >= 0.6 is 0 Å². The third-order valence-electron chi connectivity index (χ3n) is 11.4. The molecule has 3 N–H and O–H groups in total. The molecule has 3 rings (SSSR count). The van der Waals surface area contributed by atoms with Crippen LogP contribution in [0, 0.1) is 22.2 Å². The maximum Gasteiger partial charge on any atom is 0.309 e. The van der Waals surface area contributed by atoms with E-state index >= 15 is 0 Å². The zero-order valence-electron chi connectivity index (χ0n) is 32.0. The molecule has 0 aromatic heterocycles. The third kappa shape index (κ3) is 11.4. The molecule has 7 heteroatoms. The summed E-state index contributed by atoms with van der Waals surface area (Å²) in [5.74, 6) is -4.22.